The Morgan fingerprint density at radius 3 is 2.50 bits per heavy atom. The molecule has 0 saturated carbocycles. The predicted octanol–water partition coefficient (Wildman–Crippen LogP) is 1.93. The number of nitrogens with zero attached hydrogens (tertiary/aromatic N) is 1. The number of hydrogen-bond donors (Lipinski definition) is 1. The van der Waals surface area contributed by atoms with Crippen molar-refractivity contribution in [1.29, 1.82) is 0 Å². The van der Waals surface area contributed by atoms with Crippen molar-refractivity contribution >= 4 is 12.0 Å². The maximum Gasteiger partial charge on any atom is 0.409 e. The lowest BCUT2D eigenvalue weighted by atomic mass is 9.94. The molecule has 2 fully saturated rings. The van der Waals surface area contributed by atoms with Gasteiger partial charge in [-0.15, -0.1) is 0 Å². The molecule has 2 saturated heterocycles. The van der Waals surface area contributed by atoms with Crippen LogP contribution in [0.25, 0.3) is 0 Å². The number of rotatable bonds is 5. The van der Waals surface area contributed by atoms with Crippen LogP contribution in [0.2, 0.25) is 0 Å². The quantitative estimate of drug-likeness (QED) is 0.842. The minimum atomic E-state index is -0.244. The third kappa shape index (κ3) is 5.48. The van der Waals surface area contributed by atoms with Gasteiger partial charge in [0.2, 0.25) is 5.91 Å². The molecule has 0 aliphatic carbocycles. The van der Waals surface area contributed by atoms with E-state index in [9.17, 15) is 9.59 Å². The highest BCUT2D eigenvalue weighted by molar-refractivity contribution is 5.76. The van der Waals surface area contributed by atoms with Crippen LogP contribution in [-0.4, -0.2) is 55.9 Å². The van der Waals surface area contributed by atoms with Gasteiger partial charge in [0.1, 0.15) is 0 Å². The fourth-order valence-corrected chi connectivity index (χ4v) is 3.09. The standard InChI is InChI=1S/C16H28N2O4/c1-2-22-16(20)18-9-5-14(6-10-18)17-15(19)4-3-13-7-11-21-12-8-13/h13-14H,2-12H2,1H3,(H,17,19). The van der Waals surface area contributed by atoms with E-state index in [-0.39, 0.29) is 18.0 Å². The maximum absolute atomic E-state index is 12.0. The molecule has 2 aliphatic rings. The summed E-state index contributed by atoms with van der Waals surface area (Å²) in [5, 5.41) is 3.10. The van der Waals surface area contributed by atoms with Gasteiger partial charge in [-0.05, 0) is 44.9 Å². The van der Waals surface area contributed by atoms with E-state index in [4.69, 9.17) is 9.47 Å². The average Bonchev–Trinajstić information content (AvgIpc) is 2.55. The summed E-state index contributed by atoms with van der Waals surface area (Å²) in [5.74, 6) is 0.770. The zero-order valence-electron chi connectivity index (χ0n) is 13.5. The monoisotopic (exact) mass is 312 g/mol. The second-order valence-corrected chi connectivity index (χ2v) is 6.12. The third-order valence-corrected chi connectivity index (χ3v) is 4.51. The molecular weight excluding hydrogens is 284 g/mol. The molecule has 0 unspecified atom stereocenters. The minimum Gasteiger partial charge on any atom is -0.450 e. The Balaban J connectivity index is 1.60. The third-order valence-electron chi connectivity index (χ3n) is 4.51. The molecule has 6 heteroatoms. The first-order valence-electron chi connectivity index (χ1n) is 8.48. The van der Waals surface area contributed by atoms with E-state index in [1.165, 1.54) is 0 Å². The number of carbonyl (C=O) groups is 2. The number of likely N-dealkylation sites (tertiary alicyclic amines) is 1. The lowest BCUT2D eigenvalue weighted by molar-refractivity contribution is -0.122. The Hall–Kier alpha value is -1.30. The molecule has 0 spiro atoms. The van der Waals surface area contributed by atoms with Gasteiger partial charge in [-0.2, -0.15) is 0 Å². The van der Waals surface area contributed by atoms with Crippen molar-refractivity contribution < 1.29 is 19.1 Å². The van der Waals surface area contributed by atoms with Crippen LogP contribution in [0.5, 0.6) is 0 Å². The Morgan fingerprint density at radius 1 is 1.18 bits per heavy atom. The fourth-order valence-electron chi connectivity index (χ4n) is 3.09. The zero-order chi connectivity index (χ0) is 15.8. The van der Waals surface area contributed by atoms with Crippen molar-refractivity contribution in [3.63, 3.8) is 0 Å². The Morgan fingerprint density at radius 2 is 1.86 bits per heavy atom. The van der Waals surface area contributed by atoms with Crippen molar-refractivity contribution in [1.82, 2.24) is 10.2 Å². The number of ether oxygens (including phenoxy) is 2. The smallest absolute Gasteiger partial charge is 0.409 e. The molecule has 0 bridgehead atoms. The molecule has 1 N–H and O–H groups in total. The van der Waals surface area contributed by atoms with Crippen LogP contribution in [0.1, 0.15) is 45.4 Å². The van der Waals surface area contributed by atoms with Crippen LogP contribution in [0.3, 0.4) is 0 Å². The summed E-state index contributed by atoms with van der Waals surface area (Å²) in [6.07, 6.45) is 5.08. The fraction of sp³-hybridized carbons (Fsp3) is 0.875. The molecule has 6 nitrogen and oxygen atoms in total. The Labute approximate surface area is 132 Å². The van der Waals surface area contributed by atoms with Gasteiger partial charge in [-0.3, -0.25) is 4.79 Å². The molecule has 2 aliphatic heterocycles. The van der Waals surface area contributed by atoms with E-state index in [0.29, 0.717) is 32.0 Å². The van der Waals surface area contributed by atoms with Crippen LogP contribution in [0.4, 0.5) is 4.79 Å². The highest BCUT2D eigenvalue weighted by Crippen LogP contribution is 2.20. The zero-order valence-corrected chi connectivity index (χ0v) is 13.5. The van der Waals surface area contributed by atoms with E-state index in [1.54, 1.807) is 4.90 Å². The summed E-state index contributed by atoms with van der Waals surface area (Å²) >= 11 is 0. The van der Waals surface area contributed by atoms with Crippen molar-refractivity contribution in [3.05, 3.63) is 0 Å². The molecule has 2 amide bonds. The van der Waals surface area contributed by atoms with Crippen molar-refractivity contribution in [3.8, 4) is 0 Å². The number of nitrogens with one attached hydrogen (secondary N) is 1. The molecule has 0 aromatic heterocycles. The van der Waals surface area contributed by atoms with Crippen LogP contribution in [-0.2, 0) is 14.3 Å². The van der Waals surface area contributed by atoms with Crippen molar-refractivity contribution in [2.24, 2.45) is 5.92 Å². The summed E-state index contributed by atoms with van der Waals surface area (Å²) in [6, 6.07) is 0.188. The first-order chi connectivity index (χ1) is 10.7. The molecule has 126 valence electrons. The normalized spacial score (nSPS) is 20.7. The van der Waals surface area contributed by atoms with E-state index in [2.05, 4.69) is 5.32 Å². The van der Waals surface area contributed by atoms with Crippen molar-refractivity contribution in [2.75, 3.05) is 32.9 Å². The second kappa shape index (κ2) is 8.98. The van der Waals surface area contributed by atoms with E-state index < -0.39 is 0 Å². The SMILES string of the molecule is CCOC(=O)N1CCC(NC(=O)CCC2CCOCC2)CC1. The van der Waals surface area contributed by atoms with Gasteiger partial charge < -0.3 is 19.7 Å². The van der Waals surface area contributed by atoms with Gasteiger partial charge in [-0.25, -0.2) is 4.79 Å². The molecule has 2 rings (SSSR count). The van der Waals surface area contributed by atoms with Crippen LogP contribution < -0.4 is 5.32 Å². The van der Waals surface area contributed by atoms with E-state index >= 15 is 0 Å². The van der Waals surface area contributed by atoms with Crippen LogP contribution in [0.15, 0.2) is 0 Å². The number of carbonyl (C=O) groups excluding carboxylic acids is 2. The molecule has 0 radical (unpaired) electrons. The summed E-state index contributed by atoms with van der Waals surface area (Å²) in [5.41, 5.74) is 0. The van der Waals surface area contributed by atoms with E-state index in [0.717, 1.165) is 45.3 Å². The lowest BCUT2D eigenvalue weighted by Crippen LogP contribution is -2.46. The molecule has 22 heavy (non-hydrogen) atoms. The number of hydrogen-bond acceptors (Lipinski definition) is 4. The summed E-state index contributed by atoms with van der Waals surface area (Å²) in [6.45, 7) is 5.19. The highest BCUT2D eigenvalue weighted by atomic mass is 16.6. The van der Waals surface area contributed by atoms with Crippen LogP contribution in [0, 0.1) is 5.92 Å². The summed E-state index contributed by atoms with van der Waals surface area (Å²) < 4.78 is 10.3. The van der Waals surface area contributed by atoms with Gasteiger partial charge in [-0.1, -0.05) is 0 Å². The number of piperidine rings is 1. The molecule has 0 aromatic rings. The summed E-state index contributed by atoms with van der Waals surface area (Å²) in [4.78, 5) is 25.4. The maximum atomic E-state index is 12.0. The Kier molecular flexibility index (Phi) is 6.96. The highest BCUT2D eigenvalue weighted by Gasteiger charge is 2.24. The van der Waals surface area contributed by atoms with E-state index in [1.807, 2.05) is 6.92 Å². The van der Waals surface area contributed by atoms with Crippen LogP contribution >= 0.6 is 0 Å². The van der Waals surface area contributed by atoms with Gasteiger partial charge in [0, 0.05) is 38.8 Å². The van der Waals surface area contributed by atoms with Gasteiger partial charge in [0.05, 0.1) is 6.61 Å². The van der Waals surface area contributed by atoms with Crippen molar-refractivity contribution in [2.45, 2.75) is 51.5 Å². The Bertz CT molecular complexity index is 361. The molecule has 0 atom stereocenters. The second-order valence-electron chi connectivity index (χ2n) is 6.12. The molecular formula is C16H28N2O4. The summed E-state index contributed by atoms with van der Waals surface area (Å²) in [7, 11) is 0. The van der Waals surface area contributed by atoms with Gasteiger partial charge >= 0.3 is 6.09 Å². The predicted molar refractivity (Wildman–Crippen MR) is 82.5 cm³/mol. The minimum absolute atomic E-state index is 0.140. The topological polar surface area (TPSA) is 67.9 Å². The largest absolute Gasteiger partial charge is 0.450 e. The first-order valence-corrected chi connectivity index (χ1v) is 8.48. The van der Waals surface area contributed by atoms with Gasteiger partial charge in [0.25, 0.3) is 0 Å². The molecule has 2 heterocycles. The van der Waals surface area contributed by atoms with Gasteiger partial charge in [0.15, 0.2) is 0 Å². The average molecular weight is 312 g/mol. The lowest BCUT2D eigenvalue weighted by Gasteiger charge is -2.31. The first kappa shape index (κ1) is 17.1. The molecule has 0 aromatic carbocycles. The number of amides is 2.